The van der Waals surface area contributed by atoms with E-state index in [0.717, 1.165) is 12.8 Å². The van der Waals surface area contributed by atoms with E-state index in [1.807, 2.05) is 0 Å². The van der Waals surface area contributed by atoms with Crippen molar-refractivity contribution in [2.24, 2.45) is 0 Å². The van der Waals surface area contributed by atoms with Crippen LogP contribution in [0.5, 0.6) is 0 Å². The van der Waals surface area contributed by atoms with E-state index in [2.05, 4.69) is 31.8 Å². The SMILES string of the molecule is CCCCOC(=S)S.[PbH2]. The van der Waals surface area contributed by atoms with Crippen molar-refractivity contribution in [2.45, 2.75) is 19.8 Å². The molecule has 0 heterocycles. The number of hydrogen-bond donors (Lipinski definition) is 1. The molecule has 0 fully saturated rings. The van der Waals surface area contributed by atoms with Crippen LogP contribution < -0.4 is 0 Å². The van der Waals surface area contributed by atoms with Crippen LogP contribution in [0.3, 0.4) is 0 Å². The first kappa shape index (κ1) is 12.8. The van der Waals surface area contributed by atoms with E-state index in [1.165, 1.54) is 0 Å². The standard InChI is InChI=1S/C5H10OS2.Pb.2H/c1-2-3-4-6-5(7)8;;;/h2-4H2,1H3,(H,7,8);;;. The van der Waals surface area contributed by atoms with Crippen LogP contribution in [0.4, 0.5) is 0 Å². The Bertz CT molecular complexity index is 77.4. The molecule has 0 bridgehead atoms. The van der Waals surface area contributed by atoms with Crippen molar-refractivity contribution in [3.63, 3.8) is 0 Å². The van der Waals surface area contributed by atoms with Crippen molar-refractivity contribution in [1.29, 1.82) is 0 Å². The fraction of sp³-hybridized carbons (Fsp3) is 0.800. The fourth-order valence-electron chi connectivity index (χ4n) is 0.304. The molecule has 0 N–H and O–H groups in total. The first-order valence-corrected chi connectivity index (χ1v) is 3.48. The van der Waals surface area contributed by atoms with E-state index in [4.69, 9.17) is 4.74 Å². The summed E-state index contributed by atoms with van der Waals surface area (Å²) in [5.74, 6) is 0. The second-order valence-corrected chi connectivity index (χ2v) is 2.55. The Morgan fingerprint density at radius 3 is 2.56 bits per heavy atom. The summed E-state index contributed by atoms with van der Waals surface area (Å²) in [7, 11) is 0. The predicted octanol–water partition coefficient (Wildman–Crippen LogP) is 1.10. The zero-order valence-electron chi connectivity index (χ0n) is 5.59. The molecule has 0 aliphatic carbocycles. The molecule has 0 unspecified atom stereocenters. The molecule has 0 rings (SSSR count). The Morgan fingerprint density at radius 2 is 2.22 bits per heavy atom. The summed E-state index contributed by atoms with van der Waals surface area (Å²) in [6.45, 7) is 2.81. The third-order valence-corrected chi connectivity index (χ3v) is 0.970. The molecular formula is C5H12OPbS2. The average Bonchev–Trinajstić information content (AvgIpc) is 1.66. The molecule has 0 aromatic rings. The molecule has 0 aromatic carbocycles. The van der Waals surface area contributed by atoms with Crippen molar-refractivity contribution >= 4 is 56.5 Å². The van der Waals surface area contributed by atoms with Crippen molar-refractivity contribution in [1.82, 2.24) is 0 Å². The Morgan fingerprint density at radius 1 is 1.67 bits per heavy atom. The van der Waals surface area contributed by atoms with Crippen LogP contribution in [0, 0.1) is 0 Å². The number of unbranched alkanes of at least 4 members (excludes halogenated alkanes) is 1. The van der Waals surface area contributed by atoms with Gasteiger partial charge in [0, 0.05) is 0 Å². The summed E-state index contributed by atoms with van der Waals surface area (Å²) < 4.78 is 5.22. The maximum absolute atomic E-state index is 4.88. The van der Waals surface area contributed by atoms with Crippen LogP contribution in [-0.2, 0) is 4.74 Å². The molecule has 54 valence electrons. The van der Waals surface area contributed by atoms with E-state index < -0.39 is 0 Å². The molecule has 0 atom stereocenters. The normalized spacial score (nSPS) is 7.78. The first-order chi connectivity index (χ1) is 3.77. The summed E-state index contributed by atoms with van der Waals surface area (Å²) >= 11 is 8.33. The topological polar surface area (TPSA) is 9.23 Å². The van der Waals surface area contributed by atoms with Crippen molar-refractivity contribution in [2.75, 3.05) is 6.61 Å². The van der Waals surface area contributed by atoms with Crippen LogP contribution in [-0.4, -0.2) is 38.3 Å². The molecule has 0 aliphatic heterocycles. The second-order valence-electron chi connectivity index (χ2n) is 1.47. The zero-order chi connectivity index (χ0) is 6.41. The van der Waals surface area contributed by atoms with Crippen LogP contribution in [0.25, 0.3) is 0 Å². The Labute approximate surface area is 87.1 Å². The number of thiocarbonyl (C=S) groups is 1. The van der Waals surface area contributed by atoms with Gasteiger partial charge < -0.3 is 4.74 Å². The summed E-state index contributed by atoms with van der Waals surface area (Å²) in [6.07, 6.45) is 2.19. The first-order valence-electron chi connectivity index (χ1n) is 2.63. The molecule has 1 nitrogen and oxygen atoms in total. The van der Waals surface area contributed by atoms with Gasteiger partial charge in [-0.25, -0.2) is 0 Å². The third kappa shape index (κ3) is 12.4. The zero-order valence-corrected chi connectivity index (χ0v) is 12.8. The van der Waals surface area contributed by atoms with Gasteiger partial charge in [0.05, 0.1) is 6.61 Å². The molecule has 0 saturated carbocycles. The van der Waals surface area contributed by atoms with E-state index in [-0.39, 0.29) is 27.3 Å². The Balaban J connectivity index is 0. The van der Waals surface area contributed by atoms with E-state index in [9.17, 15) is 0 Å². The van der Waals surface area contributed by atoms with E-state index in [1.54, 1.807) is 0 Å². The van der Waals surface area contributed by atoms with Crippen LogP contribution in [0.15, 0.2) is 0 Å². The summed E-state index contributed by atoms with van der Waals surface area (Å²) in [5, 5.41) is 0. The van der Waals surface area contributed by atoms with Crippen LogP contribution in [0.2, 0.25) is 0 Å². The van der Waals surface area contributed by atoms with Gasteiger partial charge in [-0.15, -0.1) is 0 Å². The van der Waals surface area contributed by atoms with Gasteiger partial charge in [-0.2, -0.15) is 0 Å². The van der Waals surface area contributed by atoms with Crippen molar-refractivity contribution in [3.8, 4) is 0 Å². The van der Waals surface area contributed by atoms with Gasteiger partial charge in [0.1, 0.15) is 0 Å². The predicted molar refractivity (Wildman–Crippen MR) is 51.0 cm³/mol. The number of rotatable bonds is 3. The molecule has 2 radical (unpaired) electrons. The molecule has 0 spiro atoms. The minimum absolute atomic E-state index is 0. The summed E-state index contributed by atoms with van der Waals surface area (Å²) in [6, 6.07) is 0. The molecule has 0 saturated heterocycles. The van der Waals surface area contributed by atoms with Gasteiger partial charge in [0.2, 0.25) is 4.38 Å². The number of thiol groups is 1. The summed E-state index contributed by atoms with van der Waals surface area (Å²) in [4.78, 5) is 0. The molecule has 0 aliphatic rings. The quantitative estimate of drug-likeness (QED) is 0.350. The second kappa shape index (κ2) is 9.16. The molecule has 0 amide bonds. The molecule has 0 aromatic heterocycles. The molecule has 9 heavy (non-hydrogen) atoms. The number of hydrogen-bond acceptors (Lipinski definition) is 2. The average molecular weight is 359 g/mol. The third-order valence-electron chi connectivity index (χ3n) is 0.723. The Hall–Kier alpha value is 1.16. The van der Waals surface area contributed by atoms with Gasteiger partial charge in [0.25, 0.3) is 0 Å². The van der Waals surface area contributed by atoms with Gasteiger partial charge in [0.15, 0.2) is 0 Å². The van der Waals surface area contributed by atoms with E-state index >= 15 is 0 Å². The monoisotopic (exact) mass is 360 g/mol. The Kier molecular flexibility index (Phi) is 13.0. The van der Waals surface area contributed by atoms with Crippen LogP contribution in [0.1, 0.15) is 19.8 Å². The molecular weight excluding hydrogens is 347 g/mol. The summed E-state index contributed by atoms with van der Waals surface area (Å²) in [5.41, 5.74) is 0. The fourth-order valence-corrected chi connectivity index (χ4v) is 0.478. The maximum atomic E-state index is 4.88. The van der Waals surface area contributed by atoms with Crippen molar-refractivity contribution in [3.05, 3.63) is 0 Å². The van der Waals surface area contributed by atoms with Crippen LogP contribution >= 0.6 is 24.8 Å². The number of ether oxygens (including phenoxy) is 1. The van der Waals surface area contributed by atoms with Gasteiger partial charge in [-0.05, 0) is 18.6 Å². The van der Waals surface area contributed by atoms with Gasteiger partial charge >= 0.3 is 27.3 Å². The van der Waals surface area contributed by atoms with E-state index in [0.29, 0.717) is 11.0 Å². The van der Waals surface area contributed by atoms with Gasteiger partial charge in [-0.1, -0.05) is 26.0 Å². The van der Waals surface area contributed by atoms with Crippen molar-refractivity contribution < 1.29 is 4.74 Å². The minimum atomic E-state index is 0. The van der Waals surface area contributed by atoms with Gasteiger partial charge in [-0.3, -0.25) is 0 Å². The molecule has 4 heteroatoms.